The summed E-state index contributed by atoms with van der Waals surface area (Å²) in [5.41, 5.74) is 4.04. The number of ether oxygens (including phenoxy) is 1. The van der Waals surface area contributed by atoms with Crippen molar-refractivity contribution < 1.29 is 4.74 Å². The van der Waals surface area contributed by atoms with E-state index in [1.165, 1.54) is 41.4 Å². The molecule has 3 heteroatoms. The average Bonchev–Trinajstić information content (AvgIpc) is 3.28. The molecule has 0 aliphatic carbocycles. The van der Waals surface area contributed by atoms with Gasteiger partial charge in [0, 0.05) is 29.7 Å². The van der Waals surface area contributed by atoms with Crippen LogP contribution in [0.1, 0.15) is 24.0 Å². The molecule has 0 bridgehead atoms. The molecule has 0 radical (unpaired) electrons. The summed E-state index contributed by atoms with van der Waals surface area (Å²) in [5, 5.41) is 1.30. The number of H-pyrrole nitrogens is 1. The zero-order valence-electron chi connectivity index (χ0n) is 14.9. The molecule has 0 saturated carbocycles. The molecule has 3 nitrogen and oxygen atoms in total. The van der Waals surface area contributed by atoms with Gasteiger partial charge >= 0.3 is 0 Å². The van der Waals surface area contributed by atoms with Crippen LogP contribution in [-0.4, -0.2) is 36.1 Å². The Labute approximate surface area is 149 Å². The fourth-order valence-electron chi connectivity index (χ4n) is 4.05. The number of nitrogens with zero attached hydrogens (tertiary/aromatic N) is 1. The highest BCUT2D eigenvalue weighted by molar-refractivity contribution is 5.84. The molecule has 1 saturated heterocycles. The minimum Gasteiger partial charge on any atom is -0.497 e. The van der Waals surface area contributed by atoms with E-state index in [1.54, 1.807) is 7.11 Å². The molecule has 1 N–H and O–H groups in total. The lowest BCUT2D eigenvalue weighted by molar-refractivity contribution is 0.256. The van der Waals surface area contributed by atoms with Crippen molar-refractivity contribution in [1.82, 2.24) is 9.88 Å². The number of hydrogen-bond acceptors (Lipinski definition) is 2. The molecule has 3 aromatic rings. The lowest BCUT2D eigenvalue weighted by atomic mass is 10.0. The number of hydrogen-bond donors (Lipinski definition) is 1. The van der Waals surface area contributed by atoms with Crippen LogP contribution in [0.25, 0.3) is 10.9 Å². The standard InChI is InChI=1S/C22H26N2O/c1-25-20-9-10-22-21(15-20)18(16-23-22)14-19-8-5-12-24(19)13-11-17-6-3-2-4-7-17/h2-4,6-7,9-10,15-16,19,23H,5,8,11-14H2,1H3/t19-/m1/s1. The summed E-state index contributed by atoms with van der Waals surface area (Å²) in [6.45, 7) is 2.38. The fourth-order valence-corrected chi connectivity index (χ4v) is 4.05. The number of benzene rings is 2. The molecule has 0 amide bonds. The van der Waals surface area contributed by atoms with Gasteiger partial charge in [-0.1, -0.05) is 30.3 Å². The van der Waals surface area contributed by atoms with Crippen LogP contribution >= 0.6 is 0 Å². The summed E-state index contributed by atoms with van der Waals surface area (Å²) in [6.07, 6.45) is 7.04. The lowest BCUT2D eigenvalue weighted by Gasteiger charge is -2.24. The molecular formula is C22H26N2O. The second kappa shape index (κ2) is 7.32. The second-order valence-electron chi connectivity index (χ2n) is 7.00. The largest absolute Gasteiger partial charge is 0.497 e. The van der Waals surface area contributed by atoms with Gasteiger partial charge in [0.15, 0.2) is 0 Å². The summed E-state index contributed by atoms with van der Waals surface area (Å²) < 4.78 is 5.40. The topological polar surface area (TPSA) is 28.3 Å². The highest BCUT2D eigenvalue weighted by Gasteiger charge is 2.25. The van der Waals surface area contributed by atoms with Crippen LogP contribution in [0.15, 0.2) is 54.7 Å². The molecule has 1 atom stereocenters. The first-order valence-corrected chi connectivity index (χ1v) is 9.25. The summed E-state index contributed by atoms with van der Waals surface area (Å²) in [7, 11) is 1.73. The number of likely N-dealkylation sites (tertiary alicyclic amines) is 1. The smallest absolute Gasteiger partial charge is 0.119 e. The van der Waals surface area contributed by atoms with E-state index in [-0.39, 0.29) is 0 Å². The van der Waals surface area contributed by atoms with E-state index in [1.807, 2.05) is 6.07 Å². The first kappa shape index (κ1) is 16.2. The zero-order chi connectivity index (χ0) is 17.1. The van der Waals surface area contributed by atoms with E-state index in [9.17, 15) is 0 Å². The normalized spacial score (nSPS) is 18.0. The Morgan fingerprint density at radius 3 is 2.88 bits per heavy atom. The van der Waals surface area contributed by atoms with Crippen molar-refractivity contribution in [2.45, 2.75) is 31.7 Å². The number of rotatable bonds is 6. The fraction of sp³-hybridized carbons (Fsp3) is 0.364. The van der Waals surface area contributed by atoms with Gasteiger partial charge in [-0.2, -0.15) is 0 Å². The van der Waals surface area contributed by atoms with Crippen LogP contribution in [0.2, 0.25) is 0 Å². The van der Waals surface area contributed by atoms with E-state index in [0.29, 0.717) is 6.04 Å². The van der Waals surface area contributed by atoms with Gasteiger partial charge in [0.25, 0.3) is 0 Å². The highest BCUT2D eigenvalue weighted by atomic mass is 16.5. The summed E-state index contributed by atoms with van der Waals surface area (Å²) in [5.74, 6) is 0.931. The molecule has 1 aliphatic rings. The van der Waals surface area contributed by atoms with Crippen LogP contribution in [0.4, 0.5) is 0 Å². The van der Waals surface area contributed by atoms with Crippen molar-refractivity contribution in [3.63, 3.8) is 0 Å². The molecule has 0 unspecified atom stereocenters. The molecular weight excluding hydrogens is 308 g/mol. The Kier molecular flexibility index (Phi) is 4.75. The third-order valence-corrected chi connectivity index (χ3v) is 5.46. The van der Waals surface area contributed by atoms with Crippen molar-refractivity contribution in [3.8, 4) is 5.75 Å². The molecule has 2 aromatic carbocycles. The van der Waals surface area contributed by atoms with E-state index in [4.69, 9.17) is 4.74 Å². The minimum absolute atomic E-state index is 0.647. The van der Waals surface area contributed by atoms with E-state index in [2.05, 4.69) is 58.5 Å². The van der Waals surface area contributed by atoms with Crippen LogP contribution in [0.5, 0.6) is 5.75 Å². The molecule has 2 heterocycles. The van der Waals surface area contributed by atoms with Crippen molar-refractivity contribution in [3.05, 3.63) is 65.9 Å². The molecule has 0 spiro atoms. The van der Waals surface area contributed by atoms with Gasteiger partial charge in [0.05, 0.1) is 7.11 Å². The number of aromatic nitrogens is 1. The maximum absolute atomic E-state index is 5.40. The molecule has 25 heavy (non-hydrogen) atoms. The van der Waals surface area contributed by atoms with Gasteiger partial charge < -0.3 is 9.72 Å². The molecule has 1 aliphatic heterocycles. The number of methoxy groups -OCH3 is 1. The predicted octanol–water partition coefficient (Wildman–Crippen LogP) is 4.43. The number of nitrogens with one attached hydrogen (secondary N) is 1. The quantitative estimate of drug-likeness (QED) is 0.722. The van der Waals surface area contributed by atoms with Gasteiger partial charge in [0.1, 0.15) is 5.75 Å². The van der Waals surface area contributed by atoms with Gasteiger partial charge in [-0.25, -0.2) is 0 Å². The minimum atomic E-state index is 0.647. The van der Waals surface area contributed by atoms with Crippen LogP contribution in [0, 0.1) is 0 Å². The van der Waals surface area contributed by atoms with E-state index < -0.39 is 0 Å². The Bertz CT molecular complexity index is 824. The molecule has 130 valence electrons. The van der Waals surface area contributed by atoms with Crippen molar-refractivity contribution in [1.29, 1.82) is 0 Å². The molecule has 1 aromatic heterocycles. The first-order chi connectivity index (χ1) is 12.3. The van der Waals surface area contributed by atoms with Gasteiger partial charge in [-0.15, -0.1) is 0 Å². The summed E-state index contributed by atoms with van der Waals surface area (Å²) in [6, 6.07) is 17.8. The second-order valence-corrected chi connectivity index (χ2v) is 7.00. The van der Waals surface area contributed by atoms with E-state index in [0.717, 1.165) is 25.1 Å². The summed E-state index contributed by atoms with van der Waals surface area (Å²) in [4.78, 5) is 6.08. The zero-order valence-corrected chi connectivity index (χ0v) is 14.9. The average molecular weight is 334 g/mol. The maximum Gasteiger partial charge on any atom is 0.119 e. The third-order valence-electron chi connectivity index (χ3n) is 5.46. The van der Waals surface area contributed by atoms with Gasteiger partial charge in [0.2, 0.25) is 0 Å². The number of aromatic amines is 1. The lowest BCUT2D eigenvalue weighted by Crippen LogP contribution is -2.32. The molecule has 4 rings (SSSR count). The maximum atomic E-state index is 5.40. The third kappa shape index (κ3) is 3.57. The van der Waals surface area contributed by atoms with Crippen molar-refractivity contribution in [2.75, 3.05) is 20.2 Å². The molecule has 1 fully saturated rings. The summed E-state index contributed by atoms with van der Waals surface area (Å²) >= 11 is 0. The Morgan fingerprint density at radius 2 is 2.04 bits per heavy atom. The van der Waals surface area contributed by atoms with Crippen LogP contribution in [-0.2, 0) is 12.8 Å². The SMILES string of the molecule is COc1ccc2[nH]cc(C[C@H]3CCCN3CCc3ccccc3)c2c1. The predicted molar refractivity (Wildman–Crippen MR) is 103 cm³/mol. The Balaban J connectivity index is 1.46. The van der Waals surface area contributed by atoms with Gasteiger partial charge in [-0.05, 0) is 61.6 Å². The van der Waals surface area contributed by atoms with E-state index >= 15 is 0 Å². The van der Waals surface area contributed by atoms with Crippen LogP contribution in [0.3, 0.4) is 0 Å². The Morgan fingerprint density at radius 1 is 1.16 bits per heavy atom. The van der Waals surface area contributed by atoms with Crippen molar-refractivity contribution in [2.24, 2.45) is 0 Å². The number of fused-ring (bicyclic) bond motifs is 1. The Hall–Kier alpha value is -2.26. The van der Waals surface area contributed by atoms with Gasteiger partial charge in [-0.3, -0.25) is 4.90 Å². The highest BCUT2D eigenvalue weighted by Crippen LogP contribution is 2.28. The first-order valence-electron chi connectivity index (χ1n) is 9.25. The monoisotopic (exact) mass is 334 g/mol. The van der Waals surface area contributed by atoms with Crippen molar-refractivity contribution >= 4 is 10.9 Å². The van der Waals surface area contributed by atoms with Crippen LogP contribution < -0.4 is 4.74 Å².